The largest absolute Gasteiger partial charge is 0.496 e. The molecular weight excluding hydrogens is 791 g/mol. The monoisotopic (exact) mass is 846 g/mol. The Morgan fingerprint density at radius 3 is 2.50 bits per heavy atom. The highest BCUT2D eigenvalue weighted by atomic mass is 19.3. The van der Waals surface area contributed by atoms with Crippen molar-refractivity contribution in [1.29, 1.82) is 0 Å². The van der Waals surface area contributed by atoms with Crippen LogP contribution in [0.5, 0.6) is 11.5 Å². The van der Waals surface area contributed by atoms with Crippen molar-refractivity contribution in [2.45, 2.75) is 101 Å². The lowest BCUT2D eigenvalue weighted by Gasteiger charge is -2.55. The summed E-state index contributed by atoms with van der Waals surface area (Å²) in [6.07, 6.45) is 5.83. The van der Waals surface area contributed by atoms with Gasteiger partial charge in [0.1, 0.15) is 17.5 Å². The average Bonchev–Trinajstić information content (AvgIpc) is 3.92. The maximum absolute atomic E-state index is 14.1. The Hall–Kier alpha value is -5.01. The topological polar surface area (TPSA) is 110 Å². The SMILES string of the molecule is COc1cc(N2CC3(CCC(CN4CCC5(CC4)COc4c5ccc5c4CN(C4CCC(=O)NC4=O)C5=O)CC3)C2)ccc1[C@@H]1c2[nH]c3ccccc3c2C[C@@H](C)N1CC(F)F. The van der Waals surface area contributed by atoms with Crippen LogP contribution in [0.1, 0.15) is 103 Å². The Bertz CT molecular complexity index is 2450. The molecule has 0 radical (unpaired) electrons. The van der Waals surface area contributed by atoms with Crippen molar-refractivity contribution < 1.29 is 32.6 Å². The summed E-state index contributed by atoms with van der Waals surface area (Å²) in [4.78, 5) is 50.1. The number of fused-ring (bicyclic) bond motifs is 7. The molecule has 7 aliphatic rings. The number of piperidine rings is 2. The molecule has 62 heavy (non-hydrogen) atoms. The van der Waals surface area contributed by atoms with Gasteiger partial charge in [0, 0.05) is 93.5 Å². The van der Waals surface area contributed by atoms with Crippen molar-refractivity contribution >= 4 is 34.3 Å². The predicted octanol–water partition coefficient (Wildman–Crippen LogP) is 6.96. The van der Waals surface area contributed by atoms with Crippen LogP contribution in [0.25, 0.3) is 10.9 Å². The first kappa shape index (κ1) is 39.8. The number of halogens is 2. The molecule has 0 bridgehead atoms. The lowest BCUT2D eigenvalue weighted by molar-refractivity contribution is -0.136. The standard InChI is InChI=1S/C49H56F2N6O5/c1-29-21-35-32-5-3-4-6-38(32)52-43(35)44(56(29)25-41(50)51)34-8-7-31(22-40(34)61-2)55-26-48(27-55)15-13-30(14-16-48)23-54-19-17-49(18-20-54)28-62-45-36-24-57(39-11-12-42(58)53-46(39)59)47(60)33(36)9-10-37(45)49/h3-10,22,29-30,39,41,44,52H,11-21,23-28H2,1-2H3,(H,53,58,59)/t29-,39?,44-/m1/s1. The number of carbonyl (C=O) groups excluding carboxylic acids is 3. The van der Waals surface area contributed by atoms with Gasteiger partial charge in [-0.3, -0.25) is 24.6 Å². The summed E-state index contributed by atoms with van der Waals surface area (Å²) in [6.45, 7) is 7.94. The van der Waals surface area contributed by atoms with E-state index in [9.17, 15) is 23.2 Å². The summed E-state index contributed by atoms with van der Waals surface area (Å²) in [7, 11) is 1.69. The van der Waals surface area contributed by atoms with Crippen LogP contribution in [0.2, 0.25) is 0 Å². The summed E-state index contributed by atoms with van der Waals surface area (Å²) >= 11 is 0. The number of aromatic nitrogens is 1. The summed E-state index contributed by atoms with van der Waals surface area (Å²) in [5, 5.41) is 3.56. The van der Waals surface area contributed by atoms with Crippen molar-refractivity contribution in [3.05, 3.63) is 88.1 Å². The molecule has 6 aliphatic heterocycles. The normalized spacial score (nSPS) is 25.9. The molecule has 1 unspecified atom stereocenters. The van der Waals surface area contributed by atoms with E-state index in [1.807, 2.05) is 23.1 Å². The average molecular weight is 847 g/mol. The minimum atomic E-state index is -2.44. The number of hydrogen-bond acceptors (Lipinski definition) is 8. The molecule has 3 amide bonds. The van der Waals surface area contributed by atoms with Crippen LogP contribution in [-0.2, 0) is 28.0 Å². The van der Waals surface area contributed by atoms with Crippen LogP contribution in [-0.4, -0.2) is 109 Å². The number of methoxy groups -OCH3 is 1. The van der Waals surface area contributed by atoms with Gasteiger partial charge in [-0.25, -0.2) is 8.78 Å². The first-order valence-corrected chi connectivity index (χ1v) is 22.7. The molecule has 3 aromatic carbocycles. The number of H-pyrrole nitrogens is 1. The number of hydrogen-bond donors (Lipinski definition) is 2. The third kappa shape index (κ3) is 6.50. The van der Waals surface area contributed by atoms with Crippen molar-refractivity contribution in [2.75, 3.05) is 57.9 Å². The third-order valence-electron chi connectivity index (χ3n) is 16.0. The Balaban J connectivity index is 0.706. The van der Waals surface area contributed by atoms with E-state index in [2.05, 4.69) is 63.4 Å². The highest BCUT2D eigenvalue weighted by Gasteiger charge is 2.49. The zero-order chi connectivity index (χ0) is 42.5. The number of amides is 3. The van der Waals surface area contributed by atoms with E-state index >= 15 is 0 Å². The molecule has 3 atom stereocenters. The number of likely N-dealkylation sites (tertiary alicyclic amines) is 1. The Morgan fingerprint density at radius 1 is 0.952 bits per heavy atom. The number of ether oxygens (including phenoxy) is 2. The summed E-state index contributed by atoms with van der Waals surface area (Å²) in [5.74, 6) is 1.42. The number of aromatic amines is 1. The molecular formula is C49H56F2N6O5. The lowest BCUT2D eigenvalue weighted by Crippen LogP contribution is -2.58. The number of anilines is 1. The third-order valence-corrected chi connectivity index (χ3v) is 16.0. The van der Waals surface area contributed by atoms with Crippen molar-refractivity contribution in [3.63, 3.8) is 0 Å². The van der Waals surface area contributed by atoms with Gasteiger partial charge in [0.15, 0.2) is 0 Å². The minimum absolute atomic E-state index is 0.0559. The number of para-hydroxylation sites is 1. The van der Waals surface area contributed by atoms with Gasteiger partial charge in [-0.05, 0) is 101 Å². The zero-order valence-electron chi connectivity index (χ0n) is 35.7. The fourth-order valence-corrected chi connectivity index (χ4v) is 12.6. The summed E-state index contributed by atoms with van der Waals surface area (Å²) < 4.78 is 40.6. The summed E-state index contributed by atoms with van der Waals surface area (Å²) in [6, 6.07) is 17.6. The van der Waals surface area contributed by atoms with E-state index < -0.39 is 18.4 Å². The lowest BCUT2D eigenvalue weighted by atomic mass is 9.65. The molecule has 2 spiro atoms. The van der Waals surface area contributed by atoms with Crippen LogP contribution in [0.4, 0.5) is 14.5 Å². The zero-order valence-corrected chi connectivity index (χ0v) is 35.7. The number of benzene rings is 3. The maximum Gasteiger partial charge on any atom is 0.255 e. The molecule has 1 aromatic heterocycles. The second-order valence-corrected chi connectivity index (χ2v) is 19.6. The van der Waals surface area contributed by atoms with Gasteiger partial charge in [0.2, 0.25) is 11.8 Å². The number of nitrogens with one attached hydrogen (secondary N) is 2. The quantitative estimate of drug-likeness (QED) is 0.183. The fourth-order valence-electron chi connectivity index (χ4n) is 12.6. The van der Waals surface area contributed by atoms with Crippen molar-refractivity contribution in [3.8, 4) is 11.5 Å². The molecule has 2 N–H and O–H groups in total. The summed E-state index contributed by atoms with van der Waals surface area (Å²) in [5.41, 5.74) is 8.25. The Labute approximate surface area is 361 Å². The predicted molar refractivity (Wildman–Crippen MR) is 231 cm³/mol. The number of carbonyl (C=O) groups is 3. The highest BCUT2D eigenvalue weighted by Crippen LogP contribution is 2.52. The fraction of sp³-hybridized carbons (Fsp3) is 0.531. The molecule has 11 nitrogen and oxygen atoms in total. The van der Waals surface area contributed by atoms with E-state index in [1.54, 1.807) is 12.0 Å². The molecule has 1 saturated carbocycles. The molecule has 4 fully saturated rings. The Kier molecular flexibility index (Phi) is 9.68. The Morgan fingerprint density at radius 2 is 1.74 bits per heavy atom. The van der Waals surface area contributed by atoms with Gasteiger partial charge < -0.3 is 29.2 Å². The molecule has 3 saturated heterocycles. The van der Waals surface area contributed by atoms with Crippen LogP contribution in [0.3, 0.4) is 0 Å². The highest BCUT2D eigenvalue weighted by molar-refractivity contribution is 6.06. The van der Waals surface area contributed by atoms with Gasteiger partial charge >= 0.3 is 0 Å². The smallest absolute Gasteiger partial charge is 0.255 e. The second kappa shape index (κ2) is 15.1. The molecule has 4 aromatic rings. The first-order chi connectivity index (χ1) is 30.0. The molecule has 11 rings (SSSR count). The number of alkyl halides is 2. The number of rotatable bonds is 8. The van der Waals surface area contributed by atoms with E-state index in [1.165, 1.54) is 36.8 Å². The van der Waals surface area contributed by atoms with E-state index in [4.69, 9.17) is 9.47 Å². The van der Waals surface area contributed by atoms with Gasteiger partial charge in [-0.15, -0.1) is 0 Å². The number of imide groups is 1. The van der Waals surface area contributed by atoms with Gasteiger partial charge in [-0.1, -0.05) is 30.3 Å². The van der Waals surface area contributed by atoms with Crippen LogP contribution >= 0.6 is 0 Å². The van der Waals surface area contributed by atoms with Crippen LogP contribution in [0.15, 0.2) is 54.6 Å². The molecule has 1 aliphatic carbocycles. The first-order valence-electron chi connectivity index (χ1n) is 22.7. The second-order valence-electron chi connectivity index (χ2n) is 19.6. The molecule has 326 valence electrons. The van der Waals surface area contributed by atoms with Gasteiger partial charge in [0.25, 0.3) is 12.3 Å². The van der Waals surface area contributed by atoms with Crippen molar-refractivity contribution in [1.82, 2.24) is 25.0 Å². The molecule has 13 heteroatoms. The van der Waals surface area contributed by atoms with Crippen LogP contribution < -0.4 is 19.7 Å². The minimum Gasteiger partial charge on any atom is -0.496 e. The number of nitrogens with zero attached hydrogens (tertiary/aromatic N) is 4. The van der Waals surface area contributed by atoms with Crippen LogP contribution in [0, 0.1) is 11.3 Å². The van der Waals surface area contributed by atoms with E-state index in [-0.39, 0.29) is 42.3 Å². The van der Waals surface area contributed by atoms with E-state index in [0.29, 0.717) is 42.9 Å². The van der Waals surface area contributed by atoms with Gasteiger partial charge in [-0.2, -0.15) is 0 Å². The van der Waals surface area contributed by atoms with E-state index in [0.717, 1.165) is 90.5 Å². The van der Waals surface area contributed by atoms with Gasteiger partial charge in [0.05, 0.1) is 32.8 Å². The van der Waals surface area contributed by atoms with Crippen molar-refractivity contribution in [2.24, 2.45) is 11.3 Å². The maximum atomic E-state index is 14.1. The molecule has 7 heterocycles.